The van der Waals surface area contributed by atoms with Gasteiger partial charge in [0, 0.05) is 23.7 Å². The van der Waals surface area contributed by atoms with Crippen LogP contribution in [0.5, 0.6) is 0 Å². The fourth-order valence-corrected chi connectivity index (χ4v) is 4.06. The Bertz CT molecular complexity index is 1450. The zero-order chi connectivity index (χ0) is 26.2. The number of halogens is 4. The highest BCUT2D eigenvalue weighted by molar-refractivity contribution is 6.29. The van der Waals surface area contributed by atoms with Gasteiger partial charge in [-0.05, 0) is 48.7 Å². The van der Waals surface area contributed by atoms with Gasteiger partial charge in [0.25, 0.3) is 0 Å². The first-order valence-electron chi connectivity index (χ1n) is 10.9. The second-order valence-electron chi connectivity index (χ2n) is 8.51. The molecular weight excluding hydrogens is 495 g/mol. The minimum Gasteiger partial charge on any atom is -0.306 e. The maximum absolute atomic E-state index is 13.1. The molecule has 0 saturated heterocycles. The summed E-state index contributed by atoms with van der Waals surface area (Å²) in [7, 11) is 1.80. The van der Waals surface area contributed by atoms with Crippen LogP contribution in [0, 0.1) is 6.92 Å². The lowest BCUT2D eigenvalue weighted by Crippen LogP contribution is -2.34. The zero-order valence-corrected chi connectivity index (χ0v) is 20.6. The number of aromatic nitrogens is 4. The summed E-state index contributed by atoms with van der Waals surface area (Å²) in [6.45, 7) is 6.03. The van der Waals surface area contributed by atoms with Crippen molar-refractivity contribution in [3.8, 4) is 11.3 Å². The molecule has 0 atom stereocenters. The molecule has 0 aliphatic rings. The third-order valence-corrected chi connectivity index (χ3v) is 5.66. The van der Waals surface area contributed by atoms with Crippen LogP contribution in [0.4, 0.5) is 29.5 Å². The molecule has 4 rings (SSSR count). The number of urea groups is 1. The third-order valence-electron chi connectivity index (χ3n) is 5.46. The standard InChI is InChI=1S/C24H23ClF3N7O/c1-12(2)17-11-20(31-22-21(17)13(3)34-35(22)4)32-33-23(36)29-16-9-18(30-19(25)10-16)14-6-5-7-15(8-14)24(26,27)28/h5-12H,1-4H3,(H,31,32)(H2,29,30,33,36). The van der Waals surface area contributed by atoms with E-state index in [9.17, 15) is 18.0 Å². The van der Waals surface area contributed by atoms with Gasteiger partial charge in [0.2, 0.25) is 0 Å². The van der Waals surface area contributed by atoms with Crippen molar-refractivity contribution in [1.29, 1.82) is 0 Å². The largest absolute Gasteiger partial charge is 0.416 e. The number of nitrogens with zero attached hydrogens (tertiary/aromatic N) is 4. The molecular formula is C24H23ClF3N7O. The molecule has 0 aliphatic carbocycles. The number of carbonyl (C=O) groups excluding carboxylic acids is 1. The summed E-state index contributed by atoms with van der Waals surface area (Å²) in [4.78, 5) is 21.2. The van der Waals surface area contributed by atoms with Crippen molar-refractivity contribution < 1.29 is 18.0 Å². The smallest absolute Gasteiger partial charge is 0.306 e. The van der Waals surface area contributed by atoms with Crippen molar-refractivity contribution in [1.82, 2.24) is 25.2 Å². The average molecular weight is 518 g/mol. The number of aryl methyl sites for hydroxylation is 2. The second kappa shape index (κ2) is 9.65. The normalized spacial score (nSPS) is 11.7. The number of hydrogen-bond donors (Lipinski definition) is 3. The molecule has 2 amide bonds. The summed E-state index contributed by atoms with van der Waals surface area (Å²) in [5, 5.41) is 8.00. The minimum atomic E-state index is -4.50. The Kier molecular flexibility index (Phi) is 6.77. The fourth-order valence-electron chi connectivity index (χ4n) is 3.85. The molecule has 0 radical (unpaired) electrons. The topological polar surface area (TPSA) is 96.8 Å². The second-order valence-corrected chi connectivity index (χ2v) is 8.89. The van der Waals surface area contributed by atoms with E-state index < -0.39 is 17.8 Å². The minimum absolute atomic E-state index is 0.00782. The van der Waals surface area contributed by atoms with Crippen LogP contribution in [0.15, 0.2) is 42.5 Å². The number of rotatable bonds is 5. The van der Waals surface area contributed by atoms with Gasteiger partial charge in [0.15, 0.2) is 5.65 Å². The van der Waals surface area contributed by atoms with Crippen molar-refractivity contribution in [2.75, 3.05) is 10.7 Å². The SMILES string of the molecule is Cc1nn(C)c2nc(NNC(=O)Nc3cc(Cl)nc(-c4cccc(C(F)(F)F)c4)c3)cc(C(C)C)c12. The van der Waals surface area contributed by atoms with E-state index in [-0.39, 0.29) is 28.0 Å². The molecule has 3 aromatic heterocycles. The lowest BCUT2D eigenvalue weighted by atomic mass is 10.00. The van der Waals surface area contributed by atoms with E-state index in [0.717, 1.165) is 28.8 Å². The molecule has 0 fully saturated rings. The van der Waals surface area contributed by atoms with E-state index in [1.807, 2.05) is 13.0 Å². The highest BCUT2D eigenvalue weighted by Crippen LogP contribution is 2.33. The van der Waals surface area contributed by atoms with Crippen LogP contribution in [-0.4, -0.2) is 25.8 Å². The molecule has 0 spiro atoms. The highest BCUT2D eigenvalue weighted by atomic mass is 35.5. The molecule has 0 unspecified atom stereocenters. The average Bonchev–Trinajstić information content (AvgIpc) is 3.09. The molecule has 4 aromatic rings. The maximum Gasteiger partial charge on any atom is 0.416 e. The number of carbonyl (C=O) groups is 1. The molecule has 0 bridgehead atoms. The number of nitrogens with one attached hydrogen (secondary N) is 3. The van der Waals surface area contributed by atoms with Crippen LogP contribution >= 0.6 is 11.6 Å². The summed E-state index contributed by atoms with van der Waals surface area (Å²) in [6, 6.07) is 8.72. The lowest BCUT2D eigenvalue weighted by molar-refractivity contribution is -0.137. The number of anilines is 2. The Morgan fingerprint density at radius 2 is 1.86 bits per heavy atom. The molecule has 188 valence electrons. The molecule has 36 heavy (non-hydrogen) atoms. The number of pyridine rings is 2. The van der Waals surface area contributed by atoms with Gasteiger partial charge >= 0.3 is 12.2 Å². The predicted octanol–water partition coefficient (Wildman–Crippen LogP) is 6.28. The van der Waals surface area contributed by atoms with Crippen LogP contribution in [0.1, 0.15) is 36.6 Å². The first-order valence-corrected chi connectivity index (χ1v) is 11.3. The number of benzene rings is 1. The van der Waals surface area contributed by atoms with Crippen LogP contribution < -0.4 is 16.2 Å². The Balaban J connectivity index is 1.52. The summed E-state index contributed by atoms with van der Waals surface area (Å²) in [5.74, 6) is 0.614. The molecule has 1 aromatic carbocycles. The van der Waals surface area contributed by atoms with Crippen LogP contribution in [0.2, 0.25) is 5.15 Å². The third kappa shape index (κ3) is 5.35. The Morgan fingerprint density at radius 3 is 2.56 bits per heavy atom. The van der Waals surface area contributed by atoms with Gasteiger partial charge in [-0.15, -0.1) is 0 Å². The summed E-state index contributed by atoms with van der Waals surface area (Å²) in [5.41, 5.74) is 7.68. The fraction of sp³-hybridized carbons (Fsp3) is 0.250. The number of hydrogen-bond acceptors (Lipinski definition) is 5. The summed E-state index contributed by atoms with van der Waals surface area (Å²) < 4.78 is 40.9. The zero-order valence-electron chi connectivity index (χ0n) is 19.8. The molecule has 3 N–H and O–H groups in total. The number of amides is 2. The van der Waals surface area contributed by atoms with Gasteiger partial charge < -0.3 is 5.32 Å². The van der Waals surface area contributed by atoms with Crippen LogP contribution in [-0.2, 0) is 13.2 Å². The Hall–Kier alpha value is -3.86. The van der Waals surface area contributed by atoms with E-state index in [0.29, 0.717) is 11.5 Å². The first-order chi connectivity index (χ1) is 16.9. The van der Waals surface area contributed by atoms with Crippen molar-refractivity contribution >= 4 is 40.2 Å². The van der Waals surface area contributed by atoms with E-state index in [2.05, 4.69) is 45.1 Å². The monoisotopic (exact) mass is 517 g/mol. The van der Waals surface area contributed by atoms with Gasteiger partial charge in [-0.2, -0.15) is 18.3 Å². The quantitative estimate of drug-likeness (QED) is 0.214. The van der Waals surface area contributed by atoms with Gasteiger partial charge in [-0.1, -0.05) is 37.6 Å². The highest BCUT2D eigenvalue weighted by Gasteiger charge is 2.30. The van der Waals surface area contributed by atoms with Gasteiger partial charge in [0.1, 0.15) is 11.0 Å². The molecule has 3 heterocycles. The van der Waals surface area contributed by atoms with Gasteiger partial charge in [-0.25, -0.2) is 14.8 Å². The summed E-state index contributed by atoms with van der Waals surface area (Å²) in [6.07, 6.45) is -4.50. The van der Waals surface area contributed by atoms with Crippen molar-refractivity contribution in [2.45, 2.75) is 32.9 Å². The van der Waals surface area contributed by atoms with E-state index in [4.69, 9.17) is 11.6 Å². The van der Waals surface area contributed by atoms with Crippen molar-refractivity contribution in [2.24, 2.45) is 7.05 Å². The van der Waals surface area contributed by atoms with Gasteiger partial charge in [0.05, 0.1) is 17.0 Å². The predicted molar refractivity (Wildman–Crippen MR) is 133 cm³/mol. The van der Waals surface area contributed by atoms with E-state index in [1.165, 1.54) is 24.3 Å². The molecule has 0 saturated carbocycles. The Morgan fingerprint density at radius 1 is 1.11 bits per heavy atom. The number of alkyl halides is 3. The lowest BCUT2D eigenvalue weighted by Gasteiger charge is -2.14. The van der Waals surface area contributed by atoms with Crippen molar-refractivity contribution in [3.63, 3.8) is 0 Å². The number of hydrazine groups is 1. The molecule has 12 heteroatoms. The van der Waals surface area contributed by atoms with E-state index >= 15 is 0 Å². The van der Waals surface area contributed by atoms with Crippen LogP contribution in [0.3, 0.4) is 0 Å². The Labute approximate surface area is 209 Å². The summed E-state index contributed by atoms with van der Waals surface area (Å²) >= 11 is 6.07. The molecule has 0 aliphatic heterocycles. The number of fused-ring (bicyclic) bond motifs is 1. The van der Waals surface area contributed by atoms with Gasteiger partial charge in [-0.3, -0.25) is 15.5 Å². The maximum atomic E-state index is 13.1. The first kappa shape index (κ1) is 25.2. The van der Waals surface area contributed by atoms with E-state index in [1.54, 1.807) is 11.7 Å². The van der Waals surface area contributed by atoms with Crippen LogP contribution in [0.25, 0.3) is 22.3 Å². The van der Waals surface area contributed by atoms with Crippen molar-refractivity contribution in [3.05, 3.63) is 64.4 Å². The molecule has 8 nitrogen and oxygen atoms in total.